The Labute approximate surface area is 141 Å². The first-order valence-electron chi connectivity index (χ1n) is 6.37. The maximum atomic E-state index is 11.5. The molecule has 0 aliphatic rings. The molecule has 1 N–H and O–H groups in total. The van der Waals surface area contributed by atoms with Crippen molar-refractivity contribution in [3.63, 3.8) is 0 Å². The summed E-state index contributed by atoms with van der Waals surface area (Å²) < 4.78 is 5.63. The molecule has 2 aromatic rings. The van der Waals surface area contributed by atoms with E-state index in [9.17, 15) is 4.79 Å². The van der Waals surface area contributed by atoms with E-state index < -0.39 is 0 Å². The first-order chi connectivity index (χ1) is 10.1. The molecule has 0 aliphatic carbocycles. The Bertz CT molecular complexity index is 604. The standard InChI is InChI=1S/C15H15BrClNO2S/c1-20-15(19)8-13(14-3-2-6-21-14)18-9-10-4-5-12(17)11(16)7-10/h2-7,13,18H,8-9H2,1H3. The third kappa shape index (κ3) is 4.81. The van der Waals surface area contributed by atoms with Crippen LogP contribution in [0.3, 0.4) is 0 Å². The molecular weight excluding hydrogens is 374 g/mol. The normalized spacial score (nSPS) is 12.1. The van der Waals surface area contributed by atoms with Gasteiger partial charge in [0.05, 0.1) is 24.6 Å². The molecule has 2 rings (SSSR count). The Morgan fingerprint density at radius 1 is 1.48 bits per heavy atom. The molecule has 3 nitrogen and oxygen atoms in total. The summed E-state index contributed by atoms with van der Waals surface area (Å²) in [4.78, 5) is 12.7. The second-order valence-electron chi connectivity index (χ2n) is 4.48. The average molecular weight is 389 g/mol. The molecule has 0 fully saturated rings. The summed E-state index contributed by atoms with van der Waals surface area (Å²) >= 11 is 11.0. The number of hydrogen-bond acceptors (Lipinski definition) is 4. The molecule has 1 aromatic heterocycles. The molecule has 0 amide bonds. The van der Waals surface area contributed by atoms with Gasteiger partial charge in [-0.25, -0.2) is 0 Å². The number of hydrogen-bond donors (Lipinski definition) is 1. The fourth-order valence-electron chi connectivity index (χ4n) is 1.90. The fraction of sp³-hybridized carbons (Fsp3) is 0.267. The van der Waals surface area contributed by atoms with Crippen molar-refractivity contribution >= 4 is 44.8 Å². The van der Waals surface area contributed by atoms with Crippen molar-refractivity contribution in [2.24, 2.45) is 0 Å². The number of benzene rings is 1. The topological polar surface area (TPSA) is 38.3 Å². The first-order valence-corrected chi connectivity index (χ1v) is 8.42. The van der Waals surface area contributed by atoms with Gasteiger partial charge in [0.2, 0.25) is 0 Å². The van der Waals surface area contributed by atoms with Gasteiger partial charge < -0.3 is 10.1 Å². The minimum Gasteiger partial charge on any atom is -0.469 e. The minimum absolute atomic E-state index is 0.0492. The molecule has 0 saturated carbocycles. The summed E-state index contributed by atoms with van der Waals surface area (Å²) in [5, 5.41) is 6.08. The fourth-order valence-corrected chi connectivity index (χ4v) is 3.25. The zero-order chi connectivity index (χ0) is 15.2. The Morgan fingerprint density at radius 2 is 2.29 bits per heavy atom. The van der Waals surface area contributed by atoms with Gasteiger partial charge in [0.25, 0.3) is 0 Å². The van der Waals surface area contributed by atoms with Crippen molar-refractivity contribution in [2.75, 3.05) is 7.11 Å². The molecule has 1 atom stereocenters. The SMILES string of the molecule is COC(=O)CC(NCc1ccc(Cl)c(Br)c1)c1cccs1. The molecular formula is C15H15BrClNO2S. The lowest BCUT2D eigenvalue weighted by Gasteiger charge is -2.16. The lowest BCUT2D eigenvalue weighted by atomic mass is 10.1. The van der Waals surface area contributed by atoms with Gasteiger partial charge in [0.15, 0.2) is 0 Å². The summed E-state index contributed by atoms with van der Waals surface area (Å²) in [6.45, 7) is 0.648. The summed E-state index contributed by atoms with van der Waals surface area (Å²) in [7, 11) is 1.41. The van der Waals surface area contributed by atoms with Crippen LogP contribution in [0.1, 0.15) is 22.9 Å². The molecule has 0 radical (unpaired) electrons. The highest BCUT2D eigenvalue weighted by Crippen LogP contribution is 2.25. The van der Waals surface area contributed by atoms with E-state index in [0.717, 1.165) is 14.9 Å². The predicted molar refractivity (Wildman–Crippen MR) is 89.7 cm³/mol. The largest absolute Gasteiger partial charge is 0.469 e. The Balaban J connectivity index is 2.04. The van der Waals surface area contributed by atoms with Crippen molar-refractivity contribution in [3.05, 3.63) is 55.6 Å². The number of ether oxygens (including phenoxy) is 1. The van der Waals surface area contributed by atoms with Crippen LogP contribution in [0.2, 0.25) is 5.02 Å². The maximum absolute atomic E-state index is 11.5. The van der Waals surface area contributed by atoms with E-state index in [0.29, 0.717) is 18.0 Å². The van der Waals surface area contributed by atoms with Gasteiger partial charge in [-0.15, -0.1) is 11.3 Å². The highest BCUT2D eigenvalue weighted by molar-refractivity contribution is 9.10. The minimum atomic E-state index is -0.224. The molecule has 21 heavy (non-hydrogen) atoms. The van der Waals surface area contributed by atoms with E-state index in [1.54, 1.807) is 11.3 Å². The number of rotatable bonds is 6. The molecule has 1 aromatic carbocycles. The molecule has 0 bridgehead atoms. The Kier molecular flexibility index (Phi) is 6.23. The second kappa shape index (κ2) is 7.94. The van der Waals surface area contributed by atoms with Crippen LogP contribution < -0.4 is 5.32 Å². The van der Waals surface area contributed by atoms with Crippen molar-refractivity contribution in [3.8, 4) is 0 Å². The van der Waals surface area contributed by atoms with Crippen LogP contribution in [0.25, 0.3) is 0 Å². The number of carbonyl (C=O) groups excluding carboxylic acids is 1. The molecule has 0 spiro atoms. The first kappa shape index (κ1) is 16.5. The lowest BCUT2D eigenvalue weighted by Crippen LogP contribution is -2.23. The lowest BCUT2D eigenvalue weighted by molar-refractivity contribution is -0.141. The second-order valence-corrected chi connectivity index (χ2v) is 6.72. The van der Waals surface area contributed by atoms with Crippen molar-refractivity contribution in [1.29, 1.82) is 0 Å². The third-order valence-corrected chi connectivity index (χ3v) is 5.22. The van der Waals surface area contributed by atoms with Crippen molar-refractivity contribution in [1.82, 2.24) is 5.32 Å². The van der Waals surface area contributed by atoms with Crippen molar-refractivity contribution in [2.45, 2.75) is 19.0 Å². The summed E-state index contributed by atoms with van der Waals surface area (Å²) in [5.41, 5.74) is 1.10. The van der Waals surface area contributed by atoms with Crippen LogP contribution >= 0.6 is 38.9 Å². The highest BCUT2D eigenvalue weighted by Gasteiger charge is 2.17. The maximum Gasteiger partial charge on any atom is 0.307 e. The molecule has 0 saturated heterocycles. The molecule has 0 aliphatic heterocycles. The highest BCUT2D eigenvalue weighted by atomic mass is 79.9. The predicted octanol–water partition coefficient (Wildman–Crippen LogP) is 4.56. The number of carbonyl (C=O) groups is 1. The van der Waals surface area contributed by atoms with Crippen LogP contribution in [0.5, 0.6) is 0 Å². The van der Waals surface area contributed by atoms with E-state index in [4.69, 9.17) is 16.3 Å². The zero-order valence-corrected chi connectivity index (χ0v) is 14.6. The van der Waals surface area contributed by atoms with Gasteiger partial charge in [0, 0.05) is 15.9 Å². The van der Waals surface area contributed by atoms with Crippen molar-refractivity contribution < 1.29 is 9.53 Å². The van der Waals surface area contributed by atoms with Crippen LogP contribution in [0.4, 0.5) is 0 Å². The van der Waals surface area contributed by atoms with E-state index >= 15 is 0 Å². The van der Waals surface area contributed by atoms with E-state index in [1.165, 1.54) is 7.11 Å². The van der Waals surface area contributed by atoms with Gasteiger partial charge in [-0.05, 0) is 45.1 Å². The third-order valence-electron chi connectivity index (χ3n) is 3.02. The van der Waals surface area contributed by atoms with Gasteiger partial charge in [-0.1, -0.05) is 23.7 Å². The van der Waals surface area contributed by atoms with Crippen LogP contribution in [0, 0.1) is 0 Å². The Hall–Kier alpha value is -0.880. The van der Waals surface area contributed by atoms with Crippen LogP contribution in [0.15, 0.2) is 40.2 Å². The van der Waals surface area contributed by atoms with Crippen LogP contribution in [-0.4, -0.2) is 13.1 Å². The van der Waals surface area contributed by atoms with Gasteiger partial charge in [-0.3, -0.25) is 4.79 Å². The number of halogens is 2. The van der Waals surface area contributed by atoms with Gasteiger partial charge >= 0.3 is 5.97 Å². The monoisotopic (exact) mass is 387 g/mol. The van der Waals surface area contributed by atoms with E-state index in [1.807, 2.05) is 35.7 Å². The van der Waals surface area contributed by atoms with Gasteiger partial charge in [0.1, 0.15) is 0 Å². The zero-order valence-electron chi connectivity index (χ0n) is 11.4. The number of esters is 1. The molecule has 1 heterocycles. The number of nitrogens with one attached hydrogen (secondary N) is 1. The summed E-state index contributed by atoms with van der Waals surface area (Å²) in [5.74, 6) is -0.224. The summed E-state index contributed by atoms with van der Waals surface area (Å²) in [6, 6.07) is 9.73. The average Bonchev–Trinajstić information content (AvgIpc) is 3.00. The number of thiophene rings is 1. The molecule has 112 valence electrons. The van der Waals surface area contributed by atoms with E-state index in [2.05, 4.69) is 21.2 Å². The Morgan fingerprint density at radius 3 is 2.90 bits per heavy atom. The smallest absolute Gasteiger partial charge is 0.307 e. The van der Waals surface area contributed by atoms with E-state index in [-0.39, 0.29) is 12.0 Å². The molecule has 1 unspecified atom stereocenters. The van der Waals surface area contributed by atoms with Gasteiger partial charge in [-0.2, -0.15) is 0 Å². The summed E-state index contributed by atoms with van der Waals surface area (Å²) in [6.07, 6.45) is 0.311. The number of methoxy groups -OCH3 is 1. The van der Waals surface area contributed by atoms with Crippen LogP contribution in [-0.2, 0) is 16.1 Å². The molecule has 6 heteroatoms. The quantitative estimate of drug-likeness (QED) is 0.737.